The quantitative estimate of drug-likeness (QED) is 0.837. The number of hydrogen-bond acceptors (Lipinski definition) is 2. The maximum atomic E-state index is 11.8. The van der Waals surface area contributed by atoms with E-state index in [0.717, 1.165) is 13.0 Å². The van der Waals surface area contributed by atoms with Crippen LogP contribution < -0.4 is 5.32 Å². The van der Waals surface area contributed by atoms with Gasteiger partial charge in [0.15, 0.2) is 0 Å². The van der Waals surface area contributed by atoms with Gasteiger partial charge in [-0.25, -0.2) is 0 Å². The third-order valence-corrected chi connectivity index (χ3v) is 3.29. The molecule has 0 saturated carbocycles. The minimum Gasteiger partial charge on any atom is -0.378 e. The van der Waals surface area contributed by atoms with Crippen molar-refractivity contribution in [1.29, 1.82) is 0 Å². The van der Waals surface area contributed by atoms with Crippen molar-refractivity contribution in [2.45, 2.75) is 26.4 Å². The van der Waals surface area contributed by atoms with Crippen molar-refractivity contribution in [2.24, 2.45) is 11.8 Å². The number of amides is 1. The third-order valence-electron chi connectivity index (χ3n) is 3.29. The molecule has 2 heterocycles. The fourth-order valence-electron chi connectivity index (χ4n) is 2.40. The highest BCUT2D eigenvalue weighted by Gasteiger charge is 2.30. The summed E-state index contributed by atoms with van der Waals surface area (Å²) >= 11 is 0. The van der Waals surface area contributed by atoms with Gasteiger partial charge in [0.25, 0.3) is 5.91 Å². The second-order valence-electron chi connectivity index (χ2n) is 4.92. The minimum atomic E-state index is -0.0376. The highest BCUT2D eigenvalue weighted by atomic mass is 16.5. The Morgan fingerprint density at radius 3 is 3.12 bits per heavy atom. The highest BCUT2D eigenvalue weighted by Crippen LogP contribution is 2.26. The molecule has 94 valence electrons. The summed E-state index contributed by atoms with van der Waals surface area (Å²) in [4.78, 5) is 14.7. The van der Waals surface area contributed by atoms with Crippen LogP contribution in [0.4, 0.5) is 0 Å². The number of rotatable bonds is 4. The van der Waals surface area contributed by atoms with Crippen molar-refractivity contribution in [2.75, 3.05) is 13.2 Å². The van der Waals surface area contributed by atoms with Gasteiger partial charge in [-0.2, -0.15) is 0 Å². The van der Waals surface area contributed by atoms with Gasteiger partial charge in [0, 0.05) is 25.3 Å². The first kappa shape index (κ1) is 12.2. The lowest BCUT2D eigenvalue weighted by molar-refractivity contribution is 0.0533. The first-order valence-corrected chi connectivity index (χ1v) is 6.21. The normalized spacial score (nSPS) is 24.2. The van der Waals surface area contributed by atoms with E-state index in [1.165, 1.54) is 0 Å². The van der Waals surface area contributed by atoms with Crippen LogP contribution >= 0.6 is 0 Å². The number of carbonyl (C=O) groups excluding carboxylic acids is 1. The Balaban J connectivity index is 1.84. The lowest BCUT2D eigenvalue weighted by Crippen LogP contribution is -2.35. The van der Waals surface area contributed by atoms with Crippen LogP contribution in [0.1, 0.15) is 30.8 Å². The molecule has 4 nitrogen and oxygen atoms in total. The molecule has 0 spiro atoms. The van der Waals surface area contributed by atoms with Gasteiger partial charge in [-0.15, -0.1) is 0 Å². The first-order chi connectivity index (χ1) is 8.18. The Morgan fingerprint density at radius 2 is 2.47 bits per heavy atom. The summed E-state index contributed by atoms with van der Waals surface area (Å²) in [6.45, 7) is 5.83. The van der Waals surface area contributed by atoms with E-state index in [1.807, 2.05) is 6.07 Å². The second-order valence-corrected chi connectivity index (χ2v) is 4.92. The molecular formula is C13H20N2O2. The molecule has 0 bridgehead atoms. The van der Waals surface area contributed by atoms with Gasteiger partial charge in [0.2, 0.25) is 0 Å². The second kappa shape index (κ2) is 5.36. The summed E-state index contributed by atoms with van der Waals surface area (Å²) in [6, 6.07) is 3.60. The summed E-state index contributed by atoms with van der Waals surface area (Å²) in [7, 11) is 0. The molecule has 1 aliphatic heterocycles. The van der Waals surface area contributed by atoms with Crippen molar-refractivity contribution >= 4 is 5.91 Å². The van der Waals surface area contributed by atoms with E-state index in [9.17, 15) is 4.79 Å². The molecule has 1 fully saturated rings. The summed E-state index contributed by atoms with van der Waals surface area (Å²) in [5.41, 5.74) is 0.616. The number of aromatic nitrogens is 1. The summed E-state index contributed by atoms with van der Waals surface area (Å²) in [5.74, 6) is 0.906. The van der Waals surface area contributed by atoms with Crippen molar-refractivity contribution in [1.82, 2.24) is 10.3 Å². The zero-order chi connectivity index (χ0) is 12.3. The van der Waals surface area contributed by atoms with Gasteiger partial charge in [0.05, 0.1) is 6.10 Å². The zero-order valence-electron chi connectivity index (χ0n) is 10.4. The SMILES string of the molecule is CC(C)C1OCCC1CNC(=O)c1ccc[nH]1. The average molecular weight is 236 g/mol. The Hall–Kier alpha value is -1.29. The predicted molar refractivity (Wildman–Crippen MR) is 65.8 cm³/mol. The van der Waals surface area contributed by atoms with Crippen LogP contribution in [0.25, 0.3) is 0 Å². The van der Waals surface area contributed by atoms with Gasteiger partial charge in [-0.1, -0.05) is 13.8 Å². The van der Waals surface area contributed by atoms with E-state index in [0.29, 0.717) is 24.1 Å². The molecule has 2 rings (SSSR count). The van der Waals surface area contributed by atoms with E-state index in [-0.39, 0.29) is 12.0 Å². The van der Waals surface area contributed by atoms with Crippen molar-refractivity contribution in [3.8, 4) is 0 Å². The summed E-state index contributed by atoms with van der Waals surface area (Å²) < 4.78 is 5.69. The fourth-order valence-corrected chi connectivity index (χ4v) is 2.40. The lowest BCUT2D eigenvalue weighted by Gasteiger charge is -2.22. The third kappa shape index (κ3) is 2.88. The largest absolute Gasteiger partial charge is 0.378 e. The Bertz CT molecular complexity index is 360. The number of ether oxygens (including phenoxy) is 1. The monoisotopic (exact) mass is 236 g/mol. The van der Waals surface area contributed by atoms with E-state index >= 15 is 0 Å². The van der Waals surface area contributed by atoms with Crippen molar-refractivity contribution in [3.05, 3.63) is 24.0 Å². The van der Waals surface area contributed by atoms with E-state index < -0.39 is 0 Å². The zero-order valence-corrected chi connectivity index (χ0v) is 10.4. The molecule has 0 radical (unpaired) electrons. The molecule has 0 aromatic carbocycles. The number of carbonyl (C=O) groups is 1. The van der Waals surface area contributed by atoms with Gasteiger partial charge in [0.1, 0.15) is 5.69 Å². The lowest BCUT2D eigenvalue weighted by atomic mass is 9.93. The number of H-pyrrole nitrogens is 1. The molecule has 0 aliphatic carbocycles. The van der Waals surface area contributed by atoms with Crippen molar-refractivity contribution in [3.63, 3.8) is 0 Å². The van der Waals surface area contributed by atoms with Gasteiger partial charge in [-0.05, 0) is 24.5 Å². The maximum Gasteiger partial charge on any atom is 0.267 e. The summed E-state index contributed by atoms with van der Waals surface area (Å²) in [6.07, 6.45) is 3.07. The molecule has 1 amide bonds. The molecule has 2 atom stereocenters. The molecule has 1 saturated heterocycles. The fraction of sp³-hybridized carbons (Fsp3) is 0.615. The Kier molecular flexibility index (Phi) is 3.84. The average Bonchev–Trinajstić information content (AvgIpc) is 2.96. The van der Waals surface area contributed by atoms with Crippen LogP contribution in [-0.2, 0) is 4.74 Å². The van der Waals surface area contributed by atoms with Crippen LogP contribution in [0.3, 0.4) is 0 Å². The molecule has 4 heteroatoms. The van der Waals surface area contributed by atoms with Crippen LogP contribution in [0.5, 0.6) is 0 Å². The Labute approximate surface area is 102 Å². The van der Waals surface area contributed by atoms with E-state index in [1.54, 1.807) is 12.3 Å². The van der Waals surface area contributed by atoms with E-state index in [4.69, 9.17) is 4.74 Å². The minimum absolute atomic E-state index is 0.0376. The van der Waals surface area contributed by atoms with E-state index in [2.05, 4.69) is 24.1 Å². The van der Waals surface area contributed by atoms with Gasteiger partial charge in [-0.3, -0.25) is 4.79 Å². The molecular weight excluding hydrogens is 216 g/mol. The molecule has 1 aliphatic rings. The highest BCUT2D eigenvalue weighted by molar-refractivity contribution is 5.92. The maximum absolute atomic E-state index is 11.8. The standard InChI is InChI=1S/C13H20N2O2/c1-9(2)12-10(5-7-17-12)8-15-13(16)11-4-3-6-14-11/h3-4,6,9-10,12,14H,5,7-8H2,1-2H3,(H,15,16). The summed E-state index contributed by atoms with van der Waals surface area (Å²) in [5, 5.41) is 2.96. The first-order valence-electron chi connectivity index (χ1n) is 6.21. The predicted octanol–water partition coefficient (Wildman–Crippen LogP) is 1.81. The van der Waals surface area contributed by atoms with Crippen molar-refractivity contribution < 1.29 is 9.53 Å². The molecule has 17 heavy (non-hydrogen) atoms. The molecule has 2 unspecified atom stereocenters. The van der Waals surface area contributed by atoms with Crippen LogP contribution in [0, 0.1) is 11.8 Å². The number of aromatic amines is 1. The van der Waals surface area contributed by atoms with Gasteiger partial charge >= 0.3 is 0 Å². The molecule has 1 aromatic heterocycles. The van der Waals surface area contributed by atoms with Gasteiger partial charge < -0.3 is 15.0 Å². The Morgan fingerprint density at radius 1 is 1.65 bits per heavy atom. The topological polar surface area (TPSA) is 54.1 Å². The molecule has 2 N–H and O–H groups in total. The smallest absolute Gasteiger partial charge is 0.267 e. The van der Waals surface area contributed by atoms with Crippen LogP contribution in [0.2, 0.25) is 0 Å². The van der Waals surface area contributed by atoms with Crippen LogP contribution in [0.15, 0.2) is 18.3 Å². The molecule has 1 aromatic rings. The van der Waals surface area contributed by atoms with Crippen LogP contribution in [-0.4, -0.2) is 30.1 Å². The number of hydrogen-bond donors (Lipinski definition) is 2. The number of nitrogens with one attached hydrogen (secondary N) is 2.